The number of amides is 1. The summed E-state index contributed by atoms with van der Waals surface area (Å²) in [5, 5.41) is 9.10. The maximum absolute atomic E-state index is 10.9. The summed E-state index contributed by atoms with van der Waals surface area (Å²) in [6.07, 6.45) is 0. The second kappa shape index (κ2) is 4.43. The molecule has 0 aliphatic carbocycles. The van der Waals surface area contributed by atoms with E-state index < -0.39 is 11.9 Å². The Morgan fingerprint density at radius 1 is 1.40 bits per heavy atom. The number of rotatable bonds is 3. The fraction of sp³-hybridized carbons (Fsp3) is 0.111. The number of hydrogen-bond donors (Lipinski definition) is 3. The van der Waals surface area contributed by atoms with Crippen LogP contribution in [0.5, 0.6) is 11.5 Å². The molecule has 0 atom stereocenters. The zero-order valence-corrected chi connectivity index (χ0v) is 7.77. The first-order valence-corrected chi connectivity index (χ1v) is 4.08. The van der Waals surface area contributed by atoms with Crippen molar-refractivity contribution in [2.45, 2.75) is 0 Å². The van der Waals surface area contributed by atoms with Gasteiger partial charge in [0, 0.05) is 0 Å². The lowest BCUT2D eigenvalue weighted by Crippen LogP contribution is -2.21. The molecule has 1 rings (SSSR count). The van der Waals surface area contributed by atoms with Gasteiger partial charge in [-0.05, 0) is 18.2 Å². The summed E-state index contributed by atoms with van der Waals surface area (Å²) in [7, 11) is 0. The van der Waals surface area contributed by atoms with Crippen molar-refractivity contribution in [3.63, 3.8) is 0 Å². The molecule has 0 unspecified atom stereocenters. The van der Waals surface area contributed by atoms with E-state index in [-0.39, 0.29) is 23.6 Å². The number of hydrogen-bond acceptors (Lipinski definition) is 5. The number of esters is 1. The lowest BCUT2D eigenvalue weighted by Gasteiger charge is -2.06. The van der Waals surface area contributed by atoms with Gasteiger partial charge in [0.1, 0.15) is 11.5 Å². The molecule has 0 saturated heterocycles. The summed E-state index contributed by atoms with van der Waals surface area (Å²) >= 11 is 0. The Morgan fingerprint density at radius 2 is 2.07 bits per heavy atom. The molecule has 0 radical (unpaired) electrons. The topological polar surface area (TPSA) is 116 Å². The molecule has 0 heterocycles. The molecule has 0 fully saturated rings. The molecule has 0 saturated carbocycles. The van der Waals surface area contributed by atoms with Gasteiger partial charge in [-0.1, -0.05) is 0 Å². The number of phenols is 1. The fourth-order valence-corrected chi connectivity index (χ4v) is 0.964. The molecular formula is C9H10N2O4. The van der Waals surface area contributed by atoms with Crippen LogP contribution in [0.1, 0.15) is 10.4 Å². The highest BCUT2D eigenvalue weighted by Gasteiger charge is 2.12. The smallest absolute Gasteiger partial charge is 0.325 e. The minimum absolute atomic E-state index is 0.0178. The van der Waals surface area contributed by atoms with Crippen molar-refractivity contribution >= 4 is 11.9 Å². The van der Waals surface area contributed by atoms with Crippen molar-refractivity contribution in [1.29, 1.82) is 0 Å². The predicted molar refractivity (Wildman–Crippen MR) is 51.3 cm³/mol. The Kier molecular flexibility index (Phi) is 3.25. The second-order valence-electron chi connectivity index (χ2n) is 2.72. The molecule has 0 aromatic heterocycles. The fourth-order valence-electron chi connectivity index (χ4n) is 0.964. The average Bonchev–Trinajstić information content (AvgIpc) is 2.20. The number of carbonyl (C=O) groups is 2. The molecule has 15 heavy (non-hydrogen) atoms. The summed E-state index contributed by atoms with van der Waals surface area (Å²) in [5.74, 6) is -1.65. The number of ether oxygens (including phenoxy) is 1. The van der Waals surface area contributed by atoms with Gasteiger partial charge in [0.25, 0.3) is 5.91 Å². The van der Waals surface area contributed by atoms with Crippen molar-refractivity contribution in [2.75, 3.05) is 6.54 Å². The molecule has 6 heteroatoms. The van der Waals surface area contributed by atoms with Gasteiger partial charge >= 0.3 is 5.97 Å². The molecule has 6 nitrogen and oxygen atoms in total. The van der Waals surface area contributed by atoms with E-state index in [9.17, 15) is 9.59 Å². The normalized spacial score (nSPS) is 9.67. The van der Waals surface area contributed by atoms with Gasteiger partial charge < -0.3 is 21.3 Å². The van der Waals surface area contributed by atoms with Gasteiger partial charge in [-0.25, -0.2) is 0 Å². The summed E-state index contributed by atoms with van der Waals surface area (Å²) in [6.45, 7) is -0.306. The summed E-state index contributed by atoms with van der Waals surface area (Å²) in [4.78, 5) is 21.8. The third-order valence-corrected chi connectivity index (χ3v) is 1.62. The monoisotopic (exact) mass is 210 g/mol. The van der Waals surface area contributed by atoms with Crippen LogP contribution in [0.4, 0.5) is 0 Å². The summed E-state index contributed by atoms with van der Waals surface area (Å²) in [5.41, 5.74) is 9.99. The van der Waals surface area contributed by atoms with Gasteiger partial charge in [-0.2, -0.15) is 0 Å². The van der Waals surface area contributed by atoms with Crippen LogP contribution in [0.2, 0.25) is 0 Å². The highest BCUT2D eigenvalue weighted by molar-refractivity contribution is 5.96. The lowest BCUT2D eigenvalue weighted by molar-refractivity contribution is -0.132. The largest absolute Gasteiger partial charge is 0.508 e. The predicted octanol–water partition coefficient (Wildman–Crippen LogP) is -0.645. The van der Waals surface area contributed by atoms with E-state index in [4.69, 9.17) is 21.3 Å². The summed E-state index contributed by atoms with van der Waals surface area (Å²) in [6, 6.07) is 3.65. The van der Waals surface area contributed by atoms with Crippen LogP contribution in [0.25, 0.3) is 0 Å². The Balaban J connectivity index is 3.06. The standard InChI is InChI=1S/C9H10N2O4/c10-4-8(13)15-7-2-1-5(12)3-6(7)9(11)14/h1-3,12H,4,10H2,(H2,11,14). The van der Waals surface area contributed by atoms with Crippen LogP contribution in [-0.4, -0.2) is 23.5 Å². The number of nitrogens with two attached hydrogens (primary N) is 2. The van der Waals surface area contributed by atoms with Crippen molar-refractivity contribution in [3.05, 3.63) is 23.8 Å². The molecule has 0 spiro atoms. The average molecular weight is 210 g/mol. The van der Waals surface area contributed by atoms with E-state index >= 15 is 0 Å². The van der Waals surface area contributed by atoms with Crippen molar-refractivity contribution in [1.82, 2.24) is 0 Å². The first-order chi connectivity index (χ1) is 7.04. The molecule has 1 aromatic rings. The van der Waals surface area contributed by atoms with Gasteiger partial charge in [0.05, 0.1) is 12.1 Å². The minimum Gasteiger partial charge on any atom is -0.508 e. The molecule has 1 aromatic carbocycles. The Morgan fingerprint density at radius 3 is 2.60 bits per heavy atom. The van der Waals surface area contributed by atoms with E-state index in [1.54, 1.807) is 0 Å². The van der Waals surface area contributed by atoms with E-state index in [0.29, 0.717) is 0 Å². The zero-order valence-electron chi connectivity index (χ0n) is 7.77. The van der Waals surface area contributed by atoms with Gasteiger partial charge in [0.2, 0.25) is 0 Å². The van der Waals surface area contributed by atoms with Crippen LogP contribution in [-0.2, 0) is 4.79 Å². The first-order valence-electron chi connectivity index (χ1n) is 4.08. The molecule has 80 valence electrons. The third kappa shape index (κ3) is 2.68. The van der Waals surface area contributed by atoms with E-state index in [1.165, 1.54) is 12.1 Å². The van der Waals surface area contributed by atoms with Crippen molar-refractivity contribution in [2.24, 2.45) is 11.5 Å². The molecule has 0 aliphatic heterocycles. The van der Waals surface area contributed by atoms with Crippen LogP contribution >= 0.6 is 0 Å². The van der Waals surface area contributed by atoms with Gasteiger partial charge in [-0.15, -0.1) is 0 Å². The molecule has 5 N–H and O–H groups in total. The quantitative estimate of drug-likeness (QED) is 0.453. The Labute approximate surface area is 85.4 Å². The van der Waals surface area contributed by atoms with Gasteiger partial charge in [-0.3, -0.25) is 9.59 Å². The van der Waals surface area contributed by atoms with Crippen LogP contribution < -0.4 is 16.2 Å². The van der Waals surface area contributed by atoms with Crippen LogP contribution in [0, 0.1) is 0 Å². The van der Waals surface area contributed by atoms with Crippen LogP contribution in [0.15, 0.2) is 18.2 Å². The summed E-state index contributed by atoms with van der Waals surface area (Å²) < 4.78 is 4.74. The molecule has 0 bridgehead atoms. The van der Waals surface area contributed by atoms with Gasteiger partial charge in [0.15, 0.2) is 0 Å². The number of aromatic hydroxyl groups is 1. The number of carbonyl (C=O) groups excluding carboxylic acids is 2. The SMILES string of the molecule is NCC(=O)Oc1ccc(O)cc1C(N)=O. The maximum atomic E-state index is 10.9. The zero-order chi connectivity index (χ0) is 11.4. The van der Waals surface area contributed by atoms with Crippen molar-refractivity contribution < 1.29 is 19.4 Å². The van der Waals surface area contributed by atoms with E-state index in [1.807, 2.05) is 0 Å². The maximum Gasteiger partial charge on any atom is 0.325 e. The molecule has 1 amide bonds. The third-order valence-electron chi connectivity index (χ3n) is 1.62. The molecule has 0 aliphatic rings. The van der Waals surface area contributed by atoms with Crippen LogP contribution in [0.3, 0.4) is 0 Å². The Hall–Kier alpha value is -2.08. The molecular weight excluding hydrogens is 200 g/mol. The lowest BCUT2D eigenvalue weighted by atomic mass is 10.2. The number of primary amides is 1. The Bertz CT molecular complexity index is 403. The highest BCUT2D eigenvalue weighted by atomic mass is 16.5. The number of phenolic OH excluding ortho intramolecular Hbond substituents is 1. The van der Waals surface area contributed by atoms with E-state index in [2.05, 4.69) is 0 Å². The second-order valence-corrected chi connectivity index (χ2v) is 2.72. The minimum atomic E-state index is -0.800. The first kappa shape index (κ1) is 11.0. The van der Waals surface area contributed by atoms with E-state index in [0.717, 1.165) is 6.07 Å². The number of benzene rings is 1. The highest BCUT2D eigenvalue weighted by Crippen LogP contribution is 2.22. The van der Waals surface area contributed by atoms with Crippen molar-refractivity contribution in [3.8, 4) is 11.5 Å².